The Balaban J connectivity index is 2.07. The summed E-state index contributed by atoms with van der Waals surface area (Å²) >= 11 is 0. The largest absolute Gasteiger partial charge is 0.444 e. The van der Waals surface area contributed by atoms with Gasteiger partial charge in [-0.3, -0.25) is 0 Å². The highest BCUT2D eigenvalue weighted by molar-refractivity contribution is 5.67. The Kier molecular flexibility index (Phi) is 5.51. The number of nitrogens with one attached hydrogen (secondary N) is 2. The summed E-state index contributed by atoms with van der Waals surface area (Å²) in [5.41, 5.74) is 0.409. The fourth-order valence-corrected chi connectivity index (χ4v) is 1.21. The van der Waals surface area contributed by atoms with Gasteiger partial charge in [-0.15, -0.1) is 0 Å². The van der Waals surface area contributed by atoms with E-state index in [4.69, 9.17) is 4.74 Å². The molecule has 100 valence electrons. The highest BCUT2D eigenvalue weighted by Gasteiger charge is 2.15. The van der Waals surface area contributed by atoms with Gasteiger partial charge in [0, 0.05) is 25.8 Å². The molecule has 0 radical (unpaired) electrons. The van der Waals surface area contributed by atoms with Gasteiger partial charge in [-0.1, -0.05) is 0 Å². The molecule has 18 heavy (non-hydrogen) atoms. The summed E-state index contributed by atoms with van der Waals surface area (Å²) in [4.78, 5) is 11.3. The van der Waals surface area contributed by atoms with Crippen LogP contribution in [0.4, 0.5) is 4.79 Å². The number of nitrogens with zero attached hydrogens (tertiary/aromatic N) is 2. The van der Waals surface area contributed by atoms with Crippen LogP contribution in [0.1, 0.15) is 26.5 Å². The number of carbonyl (C=O) groups excluding carboxylic acids is 1. The van der Waals surface area contributed by atoms with Crippen LogP contribution in [-0.2, 0) is 11.3 Å². The van der Waals surface area contributed by atoms with Crippen LogP contribution in [-0.4, -0.2) is 35.0 Å². The number of alkyl carbamates (subject to hydrolysis) is 1. The summed E-state index contributed by atoms with van der Waals surface area (Å²) < 4.78 is 5.10. The smallest absolute Gasteiger partial charge is 0.407 e. The van der Waals surface area contributed by atoms with Crippen molar-refractivity contribution in [2.75, 3.05) is 13.1 Å². The van der Waals surface area contributed by atoms with Gasteiger partial charge in [0.15, 0.2) is 0 Å². The first kappa shape index (κ1) is 14.4. The van der Waals surface area contributed by atoms with E-state index in [1.807, 2.05) is 32.9 Å². The van der Waals surface area contributed by atoms with Gasteiger partial charge < -0.3 is 15.4 Å². The molecular weight excluding hydrogens is 232 g/mol. The van der Waals surface area contributed by atoms with E-state index in [0.29, 0.717) is 19.6 Å². The van der Waals surface area contributed by atoms with E-state index >= 15 is 0 Å². The first-order chi connectivity index (χ1) is 8.47. The lowest BCUT2D eigenvalue weighted by atomic mass is 10.2. The van der Waals surface area contributed by atoms with Crippen LogP contribution in [0, 0.1) is 0 Å². The molecule has 0 aliphatic heterocycles. The predicted octanol–water partition coefficient (Wildman–Crippen LogP) is 1.09. The second kappa shape index (κ2) is 6.90. The summed E-state index contributed by atoms with van der Waals surface area (Å²) in [6, 6.07) is 3.73. The van der Waals surface area contributed by atoms with Crippen LogP contribution < -0.4 is 10.6 Å². The maximum Gasteiger partial charge on any atom is 0.407 e. The molecule has 1 heterocycles. The van der Waals surface area contributed by atoms with Crippen molar-refractivity contribution in [1.82, 2.24) is 20.8 Å². The predicted molar refractivity (Wildman–Crippen MR) is 68.0 cm³/mol. The minimum absolute atomic E-state index is 0.399. The number of aromatic nitrogens is 2. The van der Waals surface area contributed by atoms with E-state index in [1.54, 1.807) is 6.20 Å². The van der Waals surface area contributed by atoms with Gasteiger partial charge in [-0.25, -0.2) is 4.79 Å². The Hall–Kier alpha value is -1.69. The molecule has 2 N–H and O–H groups in total. The Bertz CT molecular complexity index is 362. The molecule has 0 bridgehead atoms. The molecule has 0 saturated heterocycles. The molecule has 1 rings (SSSR count). The molecule has 0 aliphatic carbocycles. The zero-order chi connectivity index (χ0) is 13.4. The SMILES string of the molecule is CC(C)(C)OC(=O)NCCNCc1cccnn1. The van der Waals surface area contributed by atoms with Crippen molar-refractivity contribution >= 4 is 6.09 Å². The highest BCUT2D eigenvalue weighted by Crippen LogP contribution is 2.05. The van der Waals surface area contributed by atoms with Gasteiger partial charge in [-0.05, 0) is 32.9 Å². The quantitative estimate of drug-likeness (QED) is 0.767. The van der Waals surface area contributed by atoms with Crippen LogP contribution >= 0.6 is 0 Å². The Labute approximate surface area is 107 Å². The van der Waals surface area contributed by atoms with Crippen molar-refractivity contribution in [3.63, 3.8) is 0 Å². The van der Waals surface area contributed by atoms with Crippen molar-refractivity contribution < 1.29 is 9.53 Å². The molecule has 0 spiro atoms. The van der Waals surface area contributed by atoms with Crippen LogP contribution in [0.3, 0.4) is 0 Å². The molecule has 0 fully saturated rings. The normalized spacial score (nSPS) is 11.1. The highest BCUT2D eigenvalue weighted by atomic mass is 16.6. The summed E-state index contributed by atoms with van der Waals surface area (Å²) in [5, 5.41) is 13.5. The lowest BCUT2D eigenvalue weighted by molar-refractivity contribution is 0.0528. The van der Waals surface area contributed by atoms with E-state index in [1.165, 1.54) is 0 Å². The number of carbonyl (C=O) groups is 1. The molecule has 6 heteroatoms. The number of hydrogen-bond acceptors (Lipinski definition) is 5. The van der Waals surface area contributed by atoms with E-state index in [9.17, 15) is 4.79 Å². The van der Waals surface area contributed by atoms with E-state index in [-0.39, 0.29) is 0 Å². The van der Waals surface area contributed by atoms with Crippen LogP contribution in [0.15, 0.2) is 18.3 Å². The van der Waals surface area contributed by atoms with Crippen molar-refractivity contribution in [3.8, 4) is 0 Å². The van der Waals surface area contributed by atoms with Crippen molar-refractivity contribution in [2.24, 2.45) is 0 Å². The summed E-state index contributed by atoms with van der Waals surface area (Å²) in [7, 11) is 0. The van der Waals surface area contributed by atoms with Crippen LogP contribution in [0.25, 0.3) is 0 Å². The lowest BCUT2D eigenvalue weighted by Crippen LogP contribution is -2.36. The fraction of sp³-hybridized carbons (Fsp3) is 0.583. The molecular formula is C12H20N4O2. The van der Waals surface area contributed by atoms with Gasteiger partial charge >= 0.3 is 6.09 Å². The number of rotatable bonds is 5. The molecule has 0 atom stereocenters. The molecule has 1 amide bonds. The molecule has 1 aromatic heterocycles. The van der Waals surface area contributed by atoms with E-state index < -0.39 is 11.7 Å². The topological polar surface area (TPSA) is 76.1 Å². The molecule has 0 aromatic carbocycles. The average Bonchev–Trinajstić information content (AvgIpc) is 2.27. The first-order valence-electron chi connectivity index (χ1n) is 5.91. The average molecular weight is 252 g/mol. The third-order valence-corrected chi connectivity index (χ3v) is 1.90. The zero-order valence-corrected chi connectivity index (χ0v) is 11.1. The fourth-order valence-electron chi connectivity index (χ4n) is 1.21. The first-order valence-corrected chi connectivity index (χ1v) is 5.91. The van der Waals surface area contributed by atoms with Gasteiger partial charge in [0.1, 0.15) is 5.60 Å². The number of amides is 1. The standard InChI is InChI=1S/C12H20N4O2/c1-12(2,3)18-11(17)14-8-7-13-9-10-5-4-6-15-16-10/h4-6,13H,7-9H2,1-3H3,(H,14,17). The minimum Gasteiger partial charge on any atom is -0.444 e. The van der Waals surface area contributed by atoms with Crippen molar-refractivity contribution in [2.45, 2.75) is 32.9 Å². The number of hydrogen-bond donors (Lipinski definition) is 2. The van der Waals surface area contributed by atoms with Gasteiger partial charge in [0.2, 0.25) is 0 Å². The van der Waals surface area contributed by atoms with Crippen LogP contribution in [0.5, 0.6) is 0 Å². The minimum atomic E-state index is -0.461. The second-order valence-electron chi connectivity index (χ2n) is 4.82. The van der Waals surface area contributed by atoms with Crippen LogP contribution in [0.2, 0.25) is 0 Å². The van der Waals surface area contributed by atoms with Crippen molar-refractivity contribution in [3.05, 3.63) is 24.0 Å². The summed E-state index contributed by atoms with van der Waals surface area (Å²) in [6.07, 6.45) is 1.23. The summed E-state index contributed by atoms with van der Waals surface area (Å²) in [6.45, 7) is 7.28. The Morgan fingerprint density at radius 2 is 2.17 bits per heavy atom. The maximum absolute atomic E-state index is 11.3. The molecule has 0 aliphatic rings. The maximum atomic E-state index is 11.3. The Morgan fingerprint density at radius 1 is 1.39 bits per heavy atom. The monoisotopic (exact) mass is 252 g/mol. The van der Waals surface area contributed by atoms with Gasteiger partial charge in [0.05, 0.1) is 5.69 Å². The zero-order valence-electron chi connectivity index (χ0n) is 11.1. The van der Waals surface area contributed by atoms with Crippen molar-refractivity contribution in [1.29, 1.82) is 0 Å². The molecule has 1 aromatic rings. The summed E-state index contributed by atoms with van der Waals surface area (Å²) in [5.74, 6) is 0. The van der Waals surface area contributed by atoms with Gasteiger partial charge in [0.25, 0.3) is 0 Å². The third kappa shape index (κ3) is 6.80. The molecule has 0 unspecified atom stereocenters. The third-order valence-electron chi connectivity index (χ3n) is 1.90. The Morgan fingerprint density at radius 3 is 2.78 bits per heavy atom. The number of ether oxygens (including phenoxy) is 1. The molecule has 0 saturated carbocycles. The second-order valence-corrected chi connectivity index (χ2v) is 4.82. The lowest BCUT2D eigenvalue weighted by Gasteiger charge is -2.19. The van der Waals surface area contributed by atoms with E-state index in [0.717, 1.165) is 5.69 Å². The van der Waals surface area contributed by atoms with Gasteiger partial charge in [-0.2, -0.15) is 10.2 Å². The van der Waals surface area contributed by atoms with E-state index in [2.05, 4.69) is 20.8 Å². The molecule has 6 nitrogen and oxygen atoms in total.